The molecule has 0 aromatic heterocycles. The van der Waals surface area contributed by atoms with Crippen molar-refractivity contribution in [1.82, 2.24) is 0 Å². The zero-order valence-corrected chi connectivity index (χ0v) is 12.3. The molecule has 0 aliphatic carbocycles. The molecule has 22 heavy (non-hydrogen) atoms. The first-order valence-corrected chi connectivity index (χ1v) is 6.50. The van der Waals surface area contributed by atoms with Gasteiger partial charge in [0, 0.05) is 11.1 Å². The van der Waals surface area contributed by atoms with Gasteiger partial charge in [-0.3, -0.25) is 9.59 Å². The number of nitriles is 2. The minimum absolute atomic E-state index is 0.0119. The highest BCUT2D eigenvalue weighted by Gasteiger charge is 1.98. The van der Waals surface area contributed by atoms with Crippen LogP contribution >= 0.6 is 0 Å². The number of Topliss-reactive ketones (excluding diaryl/α,β-unsaturated/α-hetero) is 2. The van der Waals surface area contributed by atoms with E-state index in [1.54, 1.807) is 48.5 Å². The maximum absolute atomic E-state index is 10.8. The van der Waals surface area contributed by atoms with Crippen LogP contribution in [0.25, 0.3) is 0 Å². The van der Waals surface area contributed by atoms with Gasteiger partial charge < -0.3 is 0 Å². The molecular weight excluding hydrogens is 276 g/mol. The summed E-state index contributed by atoms with van der Waals surface area (Å²) in [6.45, 7) is 2.98. The Morgan fingerprint density at radius 1 is 0.773 bits per heavy atom. The van der Waals surface area contributed by atoms with Crippen molar-refractivity contribution in [3.05, 3.63) is 70.8 Å². The summed E-state index contributed by atoms with van der Waals surface area (Å²) in [5, 5.41) is 16.9. The molecule has 2 aromatic rings. The Morgan fingerprint density at radius 2 is 1.32 bits per heavy atom. The smallest absolute Gasteiger partial charge is 0.159 e. The lowest BCUT2D eigenvalue weighted by atomic mass is 10.1. The van der Waals surface area contributed by atoms with Gasteiger partial charge in [-0.05, 0) is 38.1 Å². The Kier molecular flexibility index (Phi) is 6.22. The van der Waals surface area contributed by atoms with Crippen molar-refractivity contribution in [1.29, 1.82) is 10.5 Å². The minimum Gasteiger partial charge on any atom is -0.295 e. The van der Waals surface area contributed by atoms with Crippen LogP contribution in [0.1, 0.15) is 45.7 Å². The van der Waals surface area contributed by atoms with Gasteiger partial charge in [-0.1, -0.05) is 24.3 Å². The van der Waals surface area contributed by atoms with E-state index in [1.165, 1.54) is 13.8 Å². The quantitative estimate of drug-likeness (QED) is 0.792. The Hall–Kier alpha value is -3.24. The van der Waals surface area contributed by atoms with Crippen LogP contribution < -0.4 is 0 Å². The van der Waals surface area contributed by atoms with Crippen molar-refractivity contribution in [2.45, 2.75) is 13.8 Å². The maximum Gasteiger partial charge on any atom is 0.159 e. The summed E-state index contributed by atoms with van der Waals surface area (Å²) >= 11 is 0. The van der Waals surface area contributed by atoms with Gasteiger partial charge in [-0.2, -0.15) is 10.5 Å². The molecule has 0 spiro atoms. The van der Waals surface area contributed by atoms with Crippen LogP contribution in [0.15, 0.2) is 48.5 Å². The van der Waals surface area contributed by atoms with Crippen LogP contribution in [0, 0.1) is 22.7 Å². The zero-order chi connectivity index (χ0) is 16.5. The van der Waals surface area contributed by atoms with Gasteiger partial charge in [0.15, 0.2) is 11.6 Å². The number of benzene rings is 2. The fourth-order valence-electron chi connectivity index (χ4n) is 1.59. The molecule has 0 heterocycles. The second kappa shape index (κ2) is 8.14. The van der Waals surface area contributed by atoms with Crippen molar-refractivity contribution in [2.75, 3.05) is 0 Å². The Labute approximate surface area is 129 Å². The molecule has 0 unspecified atom stereocenters. The summed E-state index contributed by atoms with van der Waals surface area (Å²) in [6, 6.07) is 17.2. The number of rotatable bonds is 2. The van der Waals surface area contributed by atoms with E-state index in [4.69, 9.17) is 10.5 Å². The van der Waals surface area contributed by atoms with Crippen molar-refractivity contribution >= 4 is 11.6 Å². The molecule has 0 atom stereocenters. The van der Waals surface area contributed by atoms with E-state index in [0.717, 1.165) is 0 Å². The Morgan fingerprint density at radius 3 is 1.77 bits per heavy atom. The van der Waals surface area contributed by atoms with Gasteiger partial charge in [0.05, 0.1) is 23.3 Å². The first kappa shape index (κ1) is 16.8. The average molecular weight is 290 g/mol. The molecule has 108 valence electrons. The topological polar surface area (TPSA) is 81.7 Å². The average Bonchev–Trinajstić information content (AvgIpc) is 2.55. The monoisotopic (exact) mass is 290 g/mol. The van der Waals surface area contributed by atoms with Gasteiger partial charge >= 0.3 is 0 Å². The van der Waals surface area contributed by atoms with Gasteiger partial charge in [0.25, 0.3) is 0 Å². The Bertz CT molecular complexity index is 763. The molecule has 0 bridgehead atoms. The molecule has 4 heteroatoms. The third-order valence-corrected chi connectivity index (χ3v) is 2.82. The molecule has 2 aromatic carbocycles. The molecule has 0 fully saturated rings. The summed E-state index contributed by atoms with van der Waals surface area (Å²) in [5.74, 6) is 0.0107. The van der Waals surface area contributed by atoms with Crippen LogP contribution in [-0.4, -0.2) is 11.6 Å². The number of ketones is 2. The molecule has 0 aliphatic heterocycles. The molecule has 4 nitrogen and oxygen atoms in total. The SMILES string of the molecule is CC(=O)c1ccc(C#N)cc1.CC(=O)c1cccc(C#N)c1. The summed E-state index contributed by atoms with van der Waals surface area (Å²) in [7, 11) is 0. The number of carbonyl (C=O) groups excluding carboxylic acids is 2. The summed E-state index contributed by atoms with van der Waals surface area (Å²) in [4.78, 5) is 21.6. The second-order valence-corrected chi connectivity index (χ2v) is 4.49. The Balaban J connectivity index is 0.000000220. The predicted octanol–water partition coefficient (Wildman–Crippen LogP) is 3.52. The molecule has 0 N–H and O–H groups in total. The molecule has 0 saturated carbocycles. The van der Waals surface area contributed by atoms with E-state index in [1.807, 2.05) is 12.1 Å². The lowest BCUT2D eigenvalue weighted by Crippen LogP contribution is -1.91. The lowest BCUT2D eigenvalue weighted by molar-refractivity contribution is 0.100. The lowest BCUT2D eigenvalue weighted by Gasteiger charge is -1.93. The maximum atomic E-state index is 10.8. The van der Waals surface area contributed by atoms with E-state index in [9.17, 15) is 9.59 Å². The van der Waals surface area contributed by atoms with Gasteiger partial charge in [0.2, 0.25) is 0 Å². The van der Waals surface area contributed by atoms with Gasteiger partial charge in [0.1, 0.15) is 0 Å². The van der Waals surface area contributed by atoms with E-state index >= 15 is 0 Å². The first-order valence-electron chi connectivity index (χ1n) is 6.50. The molecule has 0 saturated heterocycles. The molecule has 2 rings (SSSR count). The largest absolute Gasteiger partial charge is 0.295 e. The highest BCUT2D eigenvalue weighted by atomic mass is 16.1. The predicted molar refractivity (Wildman–Crippen MR) is 82.3 cm³/mol. The van der Waals surface area contributed by atoms with Gasteiger partial charge in [-0.15, -0.1) is 0 Å². The molecular formula is C18H14N2O2. The van der Waals surface area contributed by atoms with E-state index < -0.39 is 0 Å². The van der Waals surface area contributed by atoms with Crippen LogP contribution in [0.3, 0.4) is 0 Å². The third-order valence-electron chi connectivity index (χ3n) is 2.82. The third kappa shape index (κ3) is 5.03. The second-order valence-electron chi connectivity index (χ2n) is 4.49. The molecule has 0 amide bonds. The normalized spacial score (nSPS) is 8.73. The fourth-order valence-corrected chi connectivity index (χ4v) is 1.59. The zero-order valence-electron chi connectivity index (χ0n) is 12.3. The first-order chi connectivity index (χ1) is 10.5. The van der Waals surface area contributed by atoms with Crippen molar-refractivity contribution in [3.8, 4) is 12.1 Å². The van der Waals surface area contributed by atoms with Crippen LogP contribution in [0.2, 0.25) is 0 Å². The van der Waals surface area contributed by atoms with E-state index in [0.29, 0.717) is 22.3 Å². The molecule has 0 radical (unpaired) electrons. The highest BCUT2D eigenvalue weighted by Crippen LogP contribution is 2.04. The standard InChI is InChI=1S/2C9H7NO/c1-7(11)9-4-2-8(6-10)3-5-9;1-7(11)9-4-2-3-8(5-9)6-10/h2*2-5H,1H3. The fraction of sp³-hybridized carbons (Fsp3) is 0.111. The van der Waals surface area contributed by atoms with Crippen molar-refractivity contribution < 1.29 is 9.59 Å². The van der Waals surface area contributed by atoms with E-state index in [-0.39, 0.29) is 11.6 Å². The number of hydrogen-bond donors (Lipinski definition) is 0. The summed E-state index contributed by atoms with van der Waals surface area (Å²) < 4.78 is 0. The number of nitrogens with zero attached hydrogens (tertiary/aromatic N) is 2. The van der Waals surface area contributed by atoms with Crippen LogP contribution in [-0.2, 0) is 0 Å². The van der Waals surface area contributed by atoms with Crippen molar-refractivity contribution in [3.63, 3.8) is 0 Å². The number of hydrogen-bond acceptors (Lipinski definition) is 4. The van der Waals surface area contributed by atoms with Crippen LogP contribution in [0.5, 0.6) is 0 Å². The van der Waals surface area contributed by atoms with E-state index in [2.05, 4.69) is 0 Å². The van der Waals surface area contributed by atoms with Crippen LogP contribution in [0.4, 0.5) is 0 Å². The molecule has 0 aliphatic rings. The summed E-state index contributed by atoms with van der Waals surface area (Å²) in [5.41, 5.74) is 2.33. The summed E-state index contributed by atoms with van der Waals surface area (Å²) in [6.07, 6.45) is 0. The number of carbonyl (C=O) groups is 2. The minimum atomic E-state index is -0.0119. The van der Waals surface area contributed by atoms with Gasteiger partial charge in [-0.25, -0.2) is 0 Å². The van der Waals surface area contributed by atoms with Crippen molar-refractivity contribution in [2.24, 2.45) is 0 Å². The highest BCUT2D eigenvalue weighted by molar-refractivity contribution is 5.94.